The Balaban J connectivity index is 2.40. The minimum Gasteiger partial charge on any atom is -0.399 e. The molecule has 76 valence electrons. The SMILES string of the molecule is Nc1cc(F)c(C2CCNC2)c(F)c1. The summed E-state index contributed by atoms with van der Waals surface area (Å²) < 4.78 is 26.8. The number of rotatable bonds is 1. The highest BCUT2D eigenvalue weighted by atomic mass is 19.1. The van der Waals surface area contributed by atoms with Crippen molar-refractivity contribution in [3.8, 4) is 0 Å². The van der Waals surface area contributed by atoms with Crippen LogP contribution >= 0.6 is 0 Å². The standard InChI is InChI=1S/C10H12F2N2/c11-8-3-7(13)4-9(12)10(8)6-1-2-14-5-6/h3-4,6,14H,1-2,5,13H2. The minimum atomic E-state index is -0.531. The first kappa shape index (κ1) is 9.40. The average molecular weight is 198 g/mol. The Morgan fingerprint density at radius 2 is 1.93 bits per heavy atom. The summed E-state index contributed by atoms with van der Waals surface area (Å²) in [6.07, 6.45) is 0.776. The third-order valence-corrected chi connectivity index (χ3v) is 2.57. The zero-order chi connectivity index (χ0) is 10.1. The Morgan fingerprint density at radius 1 is 1.29 bits per heavy atom. The summed E-state index contributed by atoms with van der Waals surface area (Å²) in [7, 11) is 0. The number of anilines is 1. The van der Waals surface area contributed by atoms with Crippen LogP contribution in [-0.4, -0.2) is 13.1 Å². The maximum atomic E-state index is 13.4. The van der Waals surface area contributed by atoms with E-state index in [2.05, 4.69) is 5.32 Å². The summed E-state index contributed by atoms with van der Waals surface area (Å²) in [6, 6.07) is 2.35. The van der Waals surface area contributed by atoms with E-state index in [4.69, 9.17) is 5.73 Å². The van der Waals surface area contributed by atoms with Gasteiger partial charge in [0.25, 0.3) is 0 Å². The van der Waals surface area contributed by atoms with Gasteiger partial charge in [-0.2, -0.15) is 0 Å². The van der Waals surface area contributed by atoms with E-state index >= 15 is 0 Å². The first-order valence-corrected chi connectivity index (χ1v) is 4.63. The molecule has 0 aromatic heterocycles. The molecule has 0 radical (unpaired) electrons. The highest BCUT2D eigenvalue weighted by Crippen LogP contribution is 2.28. The number of hydrogen-bond donors (Lipinski definition) is 2. The van der Waals surface area contributed by atoms with Gasteiger partial charge in [-0.05, 0) is 25.1 Å². The van der Waals surface area contributed by atoms with Gasteiger partial charge in [0.05, 0.1) is 0 Å². The van der Waals surface area contributed by atoms with Crippen molar-refractivity contribution in [3.05, 3.63) is 29.3 Å². The summed E-state index contributed by atoms with van der Waals surface area (Å²) in [5.74, 6) is -1.12. The predicted molar refractivity (Wildman–Crippen MR) is 51.0 cm³/mol. The van der Waals surface area contributed by atoms with Crippen molar-refractivity contribution < 1.29 is 8.78 Å². The third kappa shape index (κ3) is 1.57. The lowest BCUT2D eigenvalue weighted by atomic mass is 9.97. The highest BCUT2D eigenvalue weighted by Gasteiger charge is 2.23. The Morgan fingerprint density at radius 3 is 2.43 bits per heavy atom. The summed E-state index contributed by atoms with van der Waals surface area (Å²) >= 11 is 0. The van der Waals surface area contributed by atoms with Gasteiger partial charge in [0.2, 0.25) is 0 Å². The van der Waals surface area contributed by atoms with Gasteiger partial charge in [0, 0.05) is 23.7 Å². The normalized spacial score (nSPS) is 21.4. The molecule has 14 heavy (non-hydrogen) atoms. The van der Waals surface area contributed by atoms with Crippen LogP contribution in [0, 0.1) is 11.6 Å². The van der Waals surface area contributed by atoms with Crippen LogP contribution in [0.1, 0.15) is 17.9 Å². The molecule has 1 fully saturated rings. The van der Waals surface area contributed by atoms with Gasteiger partial charge in [0.15, 0.2) is 0 Å². The number of nitrogens with one attached hydrogen (secondary N) is 1. The number of benzene rings is 1. The lowest BCUT2D eigenvalue weighted by Gasteiger charge is -2.11. The van der Waals surface area contributed by atoms with Crippen LogP contribution < -0.4 is 11.1 Å². The smallest absolute Gasteiger partial charge is 0.131 e. The van der Waals surface area contributed by atoms with Crippen LogP contribution in [-0.2, 0) is 0 Å². The van der Waals surface area contributed by atoms with Gasteiger partial charge < -0.3 is 11.1 Å². The summed E-state index contributed by atoms with van der Waals surface area (Å²) in [6.45, 7) is 1.45. The molecule has 0 bridgehead atoms. The number of nitrogens with two attached hydrogens (primary N) is 1. The van der Waals surface area contributed by atoms with Crippen LogP contribution in [0.5, 0.6) is 0 Å². The number of halogens is 2. The molecule has 1 saturated heterocycles. The van der Waals surface area contributed by atoms with Crippen molar-refractivity contribution in [1.29, 1.82) is 0 Å². The van der Waals surface area contributed by atoms with Crippen molar-refractivity contribution in [2.24, 2.45) is 0 Å². The Bertz CT molecular complexity index is 323. The van der Waals surface area contributed by atoms with E-state index in [-0.39, 0.29) is 17.2 Å². The Kier molecular flexibility index (Phi) is 2.37. The van der Waals surface area contributed by atoms with Gasteiger partial charge in [-0.25, -0.2) is 8.78 Å². The molecule has 4 heteroatoms. The van der Waals surface area contributed by atoms with E-state index in [1.54, 1.807) is 0 Å². The molecule has 2 nitrogen and oxygen atoms in total. The molecule has 0 aliphatic carbocycles. The quantitative estimate of drug-likeness (QED) is 0.673. The van der Waals surface area contributed by atoms with E-state index in [0.717, 1.165) is 13.0 Å². The molecule has 1 heterocycles. The molecule has 1 unspecified atom stereocenters. The van der Waals surface area contributed by atoms with E-state index < -0.39 is 11.6 Å². The first-order valence-electron chi connectivity index (χ1n) is 4.63. The summed E-state index contributed by atoms with van der Waals surface area (Å²) in [5.41, 5.74) is 5.64. The molecular formula is C10H12F2N2. The van der Waals surface area contributed by atoms with Gasteiger partial charge in [0.1, 0.15) is 11.6 Å². The van der Waals surface area contributed by atoms with Crippen molar-refractivity contribution >= 4 is 5.69 Å². The van der Waals surface area contributed by atoms with Gasteiger partial charge in [-0.3, -0.25) is 0 Å². The molecule has 1 aromatic carbocycles. The lowest BCUT2D eigenvalue weighted by molar-refractivity contribution is 0.533. The maximum Gasteiger partial charge on any atom is 0.131 e. The van der Waals surface area contributed by atoms with Gasteiger partial charge in [-0.15, -0.1) is 0 Å². The fourth-order valence-corrected chi connectivity index (χ4v) is 1.89. The fraction of sp³-hybridized carbons (Fsp3) is 0.400. The third-order valence-electron chi connectivity index (χ3n) is 2.57. The molecule has 1 aliphatic rings. The molecule has 2 rings (SSSR count). The van der Waals surface area contributed by atoms with Gasteiger partial charge in [-0.1, -0.05) is 0 Å². The molecule has 1 atom stereocenters. The zero-order valence-electron chi connectivity index (χ0n) is 7.69. The molecule has 1 aromatic rings. The second-order valence-electron chi connectivity index (χ2n) is 3.59. The molecule has 1 aliphatic heterocycles. The first-order chi connectivity index (χ1) is 6.68. The van der Waals surface area contributed by atoms with Crippen molar-refractivity contribution in [2.45, 2.75) is 12.3 Å². The number of nitrogen functional groups attached to an aromatic ring is 1. The molecule has 3 N–H and O–H groups in total. The van der Waals surface area contributed by atoms with Crippen LogP contribution in [0.4, 0.5) is 14.5 Å². The Labute approximate surface area is 81.1 Å². The van der Waals surface area contributed by atoms with Crippen molar-refractivity contribution in [2.75, 3.05) is 18.8 Å². The topological polar surface area (TPSA) is 38.0 Å². The minimum absolute atomic E-state index is 0.0596. The van der Waals surface area contributed by atoms with Crippen molar-refractivity contribution in [3.63, 3.8) is 0 Å². The second-order valence-corrected chi connectivity index (χ2v) is 3.59. The second kappa shape index (κ2) is 3.53. The van der Waals surface area contributed by atoms with Gasteiger partial charge >= 0.3 is 0 Å². The van der Waals surface area contributed by atoms with Crippen LogP contribution in [0.3, 0.4) is 0 Å². The maximum absolute atomic E-state index is 13.4. The number of hydrogen-bond acceptors (Lipinski definition) is 2. The van der Waals surface area contributed by atoms with Crippen molar-refractivity contribution in [1.82, 2.24) is 5.32 Å². The zero-order valence-corrected chi connectivity index (χ0v) is 7.69. The monoisotopic (exact) mass is 198 g/mol. The molecule has 0 saturated carbocycles. The van der Waals surface area contributed by atoms with Crippen LogP contribution in [0.2, 0.25) is 0 Å². The fourth-order valence-electron chi connectivity index (χ4n) is 1.89. The van der Waals surface area contributed by atoms with Crippen LogP contribution in [0.15, 0.2) is 12.1 Å². The van der Waals surface area contributed by atoms with E-state index in [1.807, 2.05) is 0 Å². The summed E-state index contributed by atoms with van der Waals surface area (Å²) in [5, 5.41) is 3.08. The van der Waals surface area contributed by atoms with E-state index in [1.165, 1.54) is 12.1 Å². The lowest BCUT2D eigenvalue weighted by Crippen LogP contribution is -2.10. The molecular weight excluding hydrogens is 186 g/mol. The van der Waals surface area contributed by atoms with Crippen LogP contribution in [0.25, 0.3) is 0 Å². The highest BCUT2D eigenvalue weighted by molar-refractivity contribution is 5.42. The predicted octanol–water partition coefficient (Wildman–Crippen LogP) is 1.62. The van der Waals surface area contributed by atoms with E-state index in [0.29, 0.717) is 6.54 Å². The van der Waals surface area contributed by atoms with E-state index in [9.17, 15) is 8.78 Å². The molecule has 0 spiro atoms. The molecule has 0 amide bonds. The Hall–Kier alpha value is -1.16. The largest absolute Gasteiger partial charge is 0.399 e. The summed E-state index contributed by atoms with van der Waals surface area (Å²) in [4.78, 5) is 0. The average Bonchev–Trinajstić information content (AvgIpc) is 2.54.